The van der Waals surface area contributed by atoms with Crippen molar-refractivity contribution in [2.75, 3.05) is 0 Å². The van der Waals surface area contributed by atoms with Crippen LogP contribution >= 0.6 is 0 Å². The van der Waals surface area contributed by atoms with E-state index in [1.54, 1.807) is 0 Å². The molecule has 0 saturated heterocycles. The van der Waals surface area contributed by atoms with E-state index in [1.165, 1.54) is 5.56 Å². The SMILES string of the molecule is CCc1ccccc1Oc1cc(CN)cc(C(C)(C)C)n1. The second-order valence-corrected chi connectivity index (χ2v) is 6.22. The maximum Gasteiger partial charge on any atom is 0.219 e. The summed E-state index contributed by atoms with van der Waals surface area (Å²) < 4.78 is 6.01. The Hall–Kier alpha value is -1.87. The molecule has 0 bridgehead atoms. The summed E-state index contributed by atoms with van der Waals surface area (Å²) >= 11 is 0. The molecule has 2 N–H and O–H groups in total. The van der Waals surface area contributed by atoms with Crippen molar-refractivity contribution in [1.82, 2.24) is 4.98 Å². The van der Waals surface area contributed by atoms with Crippen LogP contribution < -0.4 is 10.5 Å². The Balaban J connectivity index is 2.39. The van der Waals surface area contributed by atoms with Gasteiger partial charge < -0.3 is 10.5 Å². The van der Waals surface area contributed by atoms with Crippen molar-refractivity contribution in [3.63, 3.8) is 0 Å². The Morgan fingerprint density at radius 2 is 1.86 bits per heavy atom. The summed E-state index contributed by atoms with van der Waals surface area (Å²) in [6.07, 6.45) is 0.929. The smallest absolute Gasteiger partial charge is 0.219 e. The molecule has 1 aromatic heterocycles. The van der Waals surface area contributed by atoms with Crippen molar-refractivity contribution in [2.24, 2.45) is 5.73 Å². The van der Waals surface area contributed by atoms with Crippen LogP contribution in [-0.2, 0) is 18.4 Å². The Kier molecular flexibility index (Phi) is 4.63. The average molecular weight is 284 g/mol. The number of ether oxygens (including phenoxy) is 1. The number of nitrogens with zero attached hydrogens (tertiary/aromatic N) is 1. The van der Waals surface area contributed by atoms with E-state index in [2.05, 4.69) is 44.8 Å². The summed E-state index contributed by atoms with van der Waals surface area (Å²) in [7, 11) is 0. The predicted molar refractivity (Wildman–Crippen MR) is 86.7 cm³/mol. The minimum absolute atomic E-state index is 0.0342. The Bertz CT molecular complexity index is 615. The van der Waals surface area contributed by atoms with Gasteiger partial charge in [0.25, 0.3) is 0 Å². The van der Waals surface area contributed by atoms with E-state index in [9.17, 15) is 0 Å². The van der Waals surface area contributed by atoms with Crippen LogP contribution in [0.5, 0.6) is 11.6 Å². The molecular weight excluding hydrogens is 260 g/mol. The molecule has 0 fully saturated rings. The van der Waals surface area contributed by atoms with Crippen molar-refractivity contribution in [3.8, 4) is 11.6 Å². The quantitative estimate of drug-likeness (QED) is 0.915. The van der Waals surface area contributed by atoms with Gasteiger partial charge in [-0.15, -0.1) is 0 Å². The first kappa shape index (κ1) is 15.5. The Morgan fingerprint density at radius 3 is 2.48 bits per heavy atom. The molecular formula is C18H24N2O. The Labute approximate surface area is 127 Å². The molecule has 2 rings (SSSR count). The fourth-order valence-electron chi connectivity index (χ4n) is 2.12. The average Bonchev–Trinajstić information content (AvgIpc) is 2.46. The number of nitrogens with two attached hydrogens (primary N) is 1. The van der Waals surface area contributed by atoms with Gasteiger partial charge in [0.05, 0.1) is 5.69 Å². The first-order valence-electron chi connectivity index (χ1n) is 7.41. The number of para-hydroxylation sites is 1. The molecule has 112 valence electrons. The maximum absolute atomic E-state index is 6.01. The molecule has 0 aliphatic heterocycles. The van der Waals surface area contributed by atoms with Crippen LogP contribution in [0.2, 0.25) is 0 Å². The second kappa shape index (κ2) is 6.27. The predicted octanol–water partition coefficient (Wildman–Crippen LogP) is 4.19. The molecule has 0 aliphatic carbocycles. The van der Waals surface area contributed by atoms with Crippen LogP contribution in [0.1, 0.15) is 44.5 Å². The number of aromatic nitrogens is 1. The number of aryl methyl sites for hydroxylation is 1. The number of rotatable bonds is 4. The van der Waals surface area contributed by atoms with Crippen LogP contribution in [0, 0.1) is 0 Å². The van der Waals surface area contributed by atoms with Crippen LogP contribution in [0.4, 0.5) is 0 Å². The standard InChI is InChI=1S/C18H24N2O/c1-5-14-8-6-7-9-15(14)21-17-11-13(12-19)10-16(20-17)18(2,3)4/h6-11H,5,12,19H2,1-4H3. The highest BCUT2D eigenvalue weighted by Crippen LogP contribution is 2.28. The van der Waals surface area contributed by atoms with E-state index < -0.39 is 0 Å². The van der Waals surface area contributed by atoms with E-state index in [0.29, 0.717) is 12.4 Å². The first-order chi connectivity index (χ1) is 9.94. The Morgan fingerprint density at radius 1 is 1.14 bits per heavy atom. The number of benzene rings is 1. The zero-order valence-electron chi connectivity index (χ0n) is 13.3. The molecule has 0 spiro atoms. The van der Waals surface area contributed by atoms with Crippen molar-refractivity contribution in [2.45, 2.75) is 46.1 Å². The van der Waals surface area contributed by atoms with Gasteiger partial charge in [-0.3, -0.25) is 0 Å². The van der Waals surface area contributed by atoms with E-state index in [0.717, 1.165) is 23.4 Å². The monoisotopic (exact) mass is 284 g/mol. The molecule has 0 amide bonds. The van der Waals surface area contributed by atoms with Crippen LogP contribution in [0.15, 0.2) is 36.4 Å². The zero-order chi connectivity index (χ0) is 15.5. The highest BCUT2D eigenvalue weighted by molar-refractivity contribution is 5.37. The number of hydrogen-bond acceptors (Lipinski definition) is 3. The molecule has 0 aliphatic rings. The van der Waals surface area contributed by atoms with E-state index in [1.807, 2.05) is 24.3 Å². The molecule has 2 aromatic rings. The van der Waals surface area contributed by atoms with Crippen LogP contribution in [0.25, 0.3) is 0 Å². The van der Waals surface area contributed by atoms with Crippen LogP contribution in [-0.4, -0.2) is 4.98 Å². The van der Waals surface area contributed by atoms with E-state index in [4.69, 9.17) is 10.5 Å². The minimum Gasteiger partial charge on any atom is -0.439 e. The van der Waals surface area contributed by atoms with Gasteiger partial charge in [0.2, 0.25) is 5.88 Å². The summed E-state index contributed by atoms with van der Waals surface area (Å²) in [4.78, 5) is 4.65. The summed E-state index contributed by atoms with van der Waals surface area (Å²) in [5, 5.41) is 0. The van der Waals surface area contributed by atoms with Gasteiger partial charge in [0.15, 0.2) is 0 Å². The van der Waals surface area contributed by atoms with Crippen molar-refractivity contribution in [3.05, 3.63) is 53.2 Å². The molecule has 21 heavy (non-hydrogen) atoms. The van der Waals surface area contributed by atoms with Gasteiger partial charge in [-0.1, -0.05) is 45.9 Å². The van der Waals surface area contributed by atoms with Crippen molar-refractivity contribution >= 4 is 0 Å². The lowest BCUT2D eigenvalue weighted by atomic mass is 9.91. The van der Waals surface area contributed by atoms with Gasteiger partial charge >= 0.3 is 0 Å². The van der Waals surface area contributed by atoms with E-state index >= 15 is 0 Å². The highest BCUT2D eigenvalue weighted by Gasteiger charge is 2.18. The van der Waals surface area contributed by atoms with E-state index in [-0.39, 0.29) is 5.41 Å². The second-order valence-electron chi connectivity index (χ2n) is 6.22. The third kappa shape index (κ3) is 3.82. The third-order valence-electron chi connectivity index (χ3n) is 3.43. The summed E-state index contributed by atoms with van der Waals surface area (Å²) in [5.41, 5.74) is 8.97. The fourth-order valence-corrected chi connectivity index (χ4v) is 2.12. The highest BCUT2D eigenvalue weighted by atomic mass is 16.5. The number of hydrogen-bond donors (Lipinski definition) is 1. The summed E-state index contributed by atoms with van der Waals surface area (Å²) in [5.74, 6) is 1.48. The largest absolute Gasteiger partial charge is 0.439 e. The third-order valence-corrected chi connectivity index (χ3v) is 3.43. The molecule has 1 aromatic carbocycles. The lowest BCUT2D eigenvalue weighted by Crippen LogP contribution is -2.15. The molecule has 0 unspecified atom stereocenters. The lowest BCUT2D eigenvalue weighted by Gasteiger charge is -2.20. The van der Waals surface area contributed by atoms with Crippen molar-refractivity contribution < 1.29 is 4.74 Å². The van der Waals surface area contributed by atoms with Crippen LogP contribution in [0.3, 0.4) is 0 Å². The topological polar surface area (TPSA) is 48.1 Å². The van der Waals surface area contributed by atoms with Gasteiger partial charge in [0.1, 0.15) is 5.75 Å². The normalized spacial score (nSPS) is 11.5. The van der Waals surface area contributed by atoms with Gasteiger partial charge in [0, 0.05) is 18.0 Å². The fraction of sp³-hybridized carbons (Fsp3) is 0.389. The minimum atomic E-state index is -0.0342. The van der Waals surface area contributed by atoms with Gasteiger partial charge in [-0.05, 0) is 29.7 Å². The number of pyridine rings is 1. The molecule has 0 saturated carbocycles. The maximum atomic E-state index is 6.01. The summed E-state index contributed by atoms with van der Waals surface area (Å²) in [6.45, 7) is 9.02. The molecule has 1 heterocycles. The molecule has 3 heteroatoms. The molecule has 0 radical (unpaired) electrons. The zero-order valence-corrected chi connectivity index (χ0v) is 13.3. The van der Waals surface area contributed by atoms with Crippen molar-refractivity contribution in [1.29, 1.82) is 0 Å². The molecule has 0 atom stereocenters. The van der Waals surface area contributed by atoms with Gasteiger partial charge in [-0.2, -0.15) is 0 Å². The van der Waals surface area contributed by atoms with Gasteiger partial charge in [-0.25, -0.2) is 4.98 Å². The first-order valence-corrected chi connectivity index (χ1v) is 7.41. The lowest BCUT2D eigenvalue weighted by molar-refractivity contribution is 0.446. The molecule has 3 nitrogen and oxygen atoms in total. The summed E-state index contributed by atoms with van der Waals surface area (Å²) in [6, 6.07) is 12.0.